The Balaban J connectivity index is 1.29. The van der Waals surface area contributed by atoms with Crippen molar-refractivity contribution in [3.8, 4) is 28.3 Å². The van der Waals surface area contributed by atoms with E-state index in [4.69, 9.17) is 21.3 Å². The number of benzene rings is 3. The smallest absolute Gasteiger partial charge is 0.337 e. The SMILES string of the molecule is CC(C)NC(=O)c1ccc(-c2ccc(Cl)cc2)c(COc2ccc(-c3nc4cc(C(=O)O)cnc4n3C3CCCCC3)cc2)c1. The fourth-order valence-electron chi connectivity index (χ4n) is 5.96. The number of nitrogens with one attached hydrogen (secondary N) is 1. The minimum Gasteiger partial charge on any atom is -0.489 e. The van der Waals surface area contributed by atoms with Gasteiger partial charge in [0.15, 0.2) is 5.65 Å². The van der Waals surface area contributed by atoms with Crippen LogP contribution in [0, 0.1) is 0 Å². The molecule has 1 amide bonds. The molecule has 0 saturated heterocycles. The van der Waals surface area contributed by atoms with E-state index in [2.05, 4.69) is 14.9 Å². The lowest BCUT2D eigenvalue weighted by atomic mass is 9.95. The van der Waals surface area contributed by atoms with Crippen LogP contribution in [0.25, 0.3) is 33.7 Å². The molecule has 6 rings (SSSR count). The van der Waals surface area contributed by atoms with Crippen molar-refractivity contribution in [2.24, 2.45) is 0 Å². The summed E-state index contributed by atoms with van der Waals surface area (Å²) in [7, 11) is 0. The van der Waals surface area contributed by atoms with E-state index < -0.39 is 5.97 Å². The number of carboxylic acids is 1. The van der Waals surface area contributed by atoms with Crippen molar-refractivity contribution in [1.29, 1.82) is 0 Å². The monoisotopic (exact) mass is 622 g/mol. The van der Waals surface area contributed by atoms with E-state index in [1.807, 2.05) is 80.6 Å². The summed E-state index contributed by atoms with van der Waals surface area (Å²) in [5.74, 6) is 0.283. The second-order valence-corrected chi connectivity index (χ2v) is 12.2. The molecule has 1 aliphatic carbocycles. The molecule has 1 fully saturated rings. The maximum Gasteiger partial charge on any atom is 0.337 e. The van der Waals surface area contributed by atoms with Gasteiger partial charge in [-0.3, -0.25) is 4.79 Å². The lowest BCUT2D eigenvalue weighted by Gasteiger charge is -2.25. The zero-order chi connectivity index (χ0) is 31.5. The molecule has 0 unspecified atom stereocenters. The minimum absolute atomic E-state index is 0.0213. The number of nitrogens with zero attached hydrogens (tertiary/aromatic N) is 3. The van der Waals surface area contributed by atoms with Gasteiger partial charge in [0.1, 0.15) is 23.7 Å². The molecule has 230 valence electrons. The maximum atomic E-state index is 12.8. The summed E-state index contributed by atoms with van der Waals surface area (Å²) in [5.41, 5.74) is 5.68. The van der Waals surface area contributed by atoms with Gasteiger partial charge in [-0.2, -0.15) is 0 Å². The van der Waals surface area contributed by atoms with Gasteiger partial charge in [-0.25, -0.2) is 14.8 Å². The fourth-order valence-corrected chi connectivity index (χ4v) is 6.09. The number of amides is 1. The Morgan fingerprint density at radius 2 is 1.67 bits per heavy atom. The van der Waals surface area contributed by atoms with Crippen LogP contribution >= 0.6 is 11.6 Å². The highest BCUT2D eigenvalue weighted by atomic mass is 35.5. The molecule has 9 heteroatoms. The van der Waals surface area contributed by atoms with Gasteiger partial charge in [0.2, 0.25) is 0 Å². The van der Waals surface area contributed by atoms with Crippen molar-refractivity contribution in [3.63, 3.8) is 0 Å². The van der Waals surface area contributed by atoms with E-state index in [1.54, 1.807) is 6.07 Å². The van der Waals surface area contributed by atoms with Crippen LogP contribution in [0.2, 0.25) is 5.02 Å². The van der Waals surface area contributed by atoms with Gasteiger partial charge in [0.25, 0.3) is 5.91 Å². The summed E-state index contributed by atoms with van der Waals surface area (Å²) in [6, 6.07) is 22.9. The van der Waals surface area contributed by atoms with Gasteiger partial charge in [-0.1, -0.05) is 49.1 Å². The van der Waals surface area contributed by atoms with Crippen LogP contribution in [-0.4, -0.2) is 37.6 Å². The number of halogens is 1. The average Bonchev–Trinajstić information content (AvgIpc) is 3.43. The molecule has 2 heterocycles. The van der Waals surface area contributed by atoms with Crippen LogP contribution in [0.4, 0.5) is 0 Å². The Bertz CT molecular complexity index is 1840. The molecule has 0 radical (unpaired) electrons. The summed E-state index contributed by atoms with van der Waals surface area (Å²) in [4.78, 5) is 33.8. The number of pyridine rings is 1. The number of carbonyl (C=O) groups excluding carboxylic acids is 1. The zero-order valence-electron chi connectivity index (χ0n) is 25.3. The van der Waals surface area contributed by atoms with E-state index in [0.29, 0.717) is 27.5 Å². The van der Waals surface area contributed by atoms with E-state index in [-0.39, 0.29) is 30.2 Å². The number of carboxylic acid groups (broad SMARTS) is 1. The van der Waals surface area contributed by atoms with E-state index in [1.165, 1.54) is 12.6 Å². The highest BCUT2D eigenvalue weighted by Crippen LogP contribution is 2.36. The molecule has 5 aromatic rings. The summed E-state index contributed by atoms with van der Waals surface area (Å²) >= 11 is 6.14. The Hall–Kier alpha value is -4.69. The molecule has 0 bridgehead atoms. The van der Waals surface area contributed by atoms with Gasteiger partial charge in [0.05, 0.1) is 5.56 Å². The Morgan fingerprint density at radius 3 is 2.36 bits per heavy atom. The number of carbonyl (C=O) groups is 2. The highest BCUT2D eigenvalue weighted by Gasteiger charge is 2.24. The molecule has 1 aliphatic rings. The topological polar surface area (TPSA) is 106 Å². The number of ether oxygens (including phenoxy) is 1. The standard InChI is InChI=1S/C36H35ClN4O4/c1-22(2)39-35(42)25-12-17-31(23-8-13-28(37)14-9-23)27(18-25)21-45-30-15-10-24(11-16-30)33-40-32-19-26(36(43)44)20-38-34(32)41(33)29-6-4-3-5-7-29/h8-20,22,29H,3-7,21H2,1-2H3,(H,39,42)(H,43,44). The van der Waals surface area contributed by atoms with Gasteiger partial charge in [-0.05, 0) is 98.0 Å². The van der Waals surface area contributed by atoms with Gasteiger partial charge >= 0.3 is 5.97 Å². The van der Waals surface area contributed by atoms with Crippen LogP contribution in [0.15, 0.2) is 79.0 Å². The van der Waals surface area contributed by atoms with Crippen molar-refractivity contribution in [2.75, 3.05) is 0 Å². The van der Waals surface area contributed by atoms with Gasteiger partial charge in [0, 0.05) is 34.4 Å². The van der Waals surface area contributed by atoms with Crippen molar-refractivity contribution in [2.45, 2.75) is 64.6 Å². The molecule has 3 aromatic carbocycles. The molecule has 1 saturated carbocycles. The van der Waals surface area contributed by atoms with Crippen LogP contribution in [0.1, 0.15) is 78.3 Å². The second-order valence-electron chi connectivity index (χ2n) is 11.8. The number of rotatable bonds is 9. The van der Waals surface area contributed by atoms with E-state index >= 15 is 0 Å². The average molecular weight is 623 g/mol. The molecule has 2 aromatic heterocycles. The van der Waals surface area contributed by atoms with Gasteiger partial charge in [-0.15, -0.1) is 0 Å². The molecule has 0 spiro atoms. The fraction of sp³-hybridized carbons (Fsp3) is 0.278. The Labute approximate surface area is 267 Å². The number of aromatic carboxylic acids is 1. The quantitative estimate of drug-likeness (QED) is 0.171. The predicted molar refractivity (Wildman–Crippen MR) is 176 cm³/mol. The molecule has 0 atom stereocenters. The molecule has 8 nitrogen and oxygen atoms in total. The number of hydrogen-bond donors (Lipinski definition) is 2. The number of imidazole rings is 1. The molecule has 0 aliphatic heterocycles. The Kier molecular flexibility index (Phi) is 8.85. The number of aromatic nitrogens is 3. The van der Waals surface area contributed by atoms with Crippen LogP contribution < -0.4 is 10.1 Å². The molecular weight excluding hydrogens is 588 g/mol. The lowest BCUT2D eigenvalue weighted by molar-refractivity contribution is 0.0696. The third kappa shape index (κ3) is 6.71. The first kappa shape index (κ1) is 30.3. The molecular formula is C36H35ClN4O4. The van der Waals surface area contributed by atoms with Crippen molar-refractivity contribution in [3.05, 3.63) is 101 Å². The first-order valence-electron chi connectivity index (χ1n) is 15.3. The second kappa shape index (κ2) is 13.1. The molecule has 45 heavy (non-hydrogen) atoms. The molecule has 2 N–H and O–H groups in total. The minimum atomic E-state index is -1.02. The van der Waals surface area contributed by atoms with Crippen molar-refractivity contribution in [1.82, 2.24) is 19.9 Å². The normalized spacial score (nSPS) is 13.7. The summed E-state index contributed by atoms with van der Waals surface area (Å²) in [5, 5.41) is 13.1. The third-order valence-corrected chi connectivity index (χ3v) is 8.42. The first-order chi connectivity index (χ1) is 21.8. The highest BCUT2D eigenvalue weighted by molar-refractivity contribution is 6.30. The summed E-state index contributed by atoms with van der Waals surface area (Å²) < 4.78 is 8.45. The summed E-state index contributed by atoms with van der Waals surface area (Å²) in [6.07, 6.45) is 6.97. The van der Waals surface area contributed by atoms with Crippen LogP contribution in [0.3, 0.4) is 0 Å². The zero-order valence-corrected chi connectivity index (χ0v) is 26.1. The van der Waals surface area contributed by atoms with E-state index in [9.17, 15) is 14.7 Å². The number of fused-ring (bicyclic) bond motifs is 1. The van der Waals surface area contributed by atoms with Crippen molar-refractivity contribution < 1.29 is 19.4 Å². The first-order valence-corrected chi connectivity index (χ1v) is 15.7. The van der Waals surface area contributed by atoms with Crippen LogP contribution in [0.5, 0.6) is 5.75 Å². The third-order valence-electron chi connectivity index (χ3n) is 8.17. The van der Waals surface area contributed by atoms with Gasteiger partial charge < -0.3 is 19.7 Å². The van der Waals surface area contributed by atoms with Crippen LogP contribution in [-0.2, 0) is 6.61 Å². The lowest BCUT2D eigenvalue weighted by Crippen LogP contribution is -2.30. The largest absolute Gasteiger partial charge is 0.489 e. The summed E-state index contributed by atoms with van der Waals surface area (Å²) in [6.45, 7) is 4.12. The Morgan fingerprint density at radius 1 is 0.956 bits per heavy atom. The van der Waals surface area contributed by atoms with Crippen molar-refractivity contribution >= 4 is 34.6 Å². The number of hydrogen-bond acceptors (Lipinski definition) is 5. The predicted octanol–water partition coefficient (Wildman–Crippen LogP) is 8.34. The maximum absolute atomic E-state index is 12.8. The van der Waals surface area contributed by atoms with E-state index in [0.717, 1.165) is 53.8 Å².